The molecule has 6 nitrogen and oxygen atoms in total. The van der Waals surface area contributed by atoms with Crippen LogP contribution in [0.1, 0.15) is 9.67 Å². The number of nitrogens with one attached hydrogen (secondary N) is 2. The number of ether oxygens (including phenoxy) is 1. The SMILES string of the molecule is COc1ccc(Cl)cc1NC(=O)CSc1cn(CCNC(=O)c2cccs2)c2ccccc12. The summed E-state index contributed by atoms with van der Waals surface area (Å²) in [6, 6.07) is 16.8. The minimum absolute atomic E-state index is 0.0656. The van der Waals surface area contributed by atoms with Gasteiger partial charge < -0.3 is 19.9 Å². The molecule has 0 saturated heterocycles. The van der Waals surface area contributed by atoms with Crippen LogP contribution in [0, 0.1) is 0 Å². The Kier molecular flexibility index (Phi) is 7.59. The number of amides is 2. The third-order valence-corrected chi connectivity index (χ3v) is 7.08. The van der Waals surface area contributed by atoms with Crippen molar-refractivity contribution in [3.05, 3.63) is 76.1 Å². The van der Waals surface area contributed by atoms with Gasteiger partial charge in [0.1, 0.15) is 5.75 Å². The summed E-state index contributed by atoms with van der Waals surface area (Å²) in [5.41, 5.74) is 1.60. The van der Waals surface area contributed by atoms with Gasteiger partial charge in [-0.05, 0) is 35.7 Å². The van der Waals surface area contributed by atoms with E-state index in [1.807, 2.05) is 48.0 Å². The molecule has 0 unspecified atom stereocenters. The maximum absolute atomic E-state index is 12.6. The minimum atomic E-state index is -0.152. The number of carbonyl (C=O) groups excluding carboxylic acids is 2. The van der Waals surface area contributed by atoms with Crippen LogP contribution in [0.3, 0.4) is 0 Å². The second kappa shape index (κ2) is 10.8. The number of benzene rings is 2. The normalized spacial score (nSPS) is 10.8. The van der Waals surface area contributed by atoms with Crippen molar-refractivity contribution in [1.29, 1.82) is 0 Å². The van der Waals surface area contributed by atoms with E-state index in [0.717, 1.165) is 15.8 Å². The van der Waals surface area contributed by atoms with Crippen LogP contribution in [-0.2, 0) is 11.3 Å². The Balaban J connectivity index is 1.40. The molecule has 2 amide bonds. The maximum Gasteiger partial charge on any atom is 0.261 e. The number of thiophene rings is 1. The van der Waals surface area contributed by atoms with Crippen molar-refractivity contribution in [3.8, 4) is 5.75 Å². The number of rotatable bonds is 9. The lowest BCUT2D eigenvalue weighted by Crippen LogP contribution is -2.26. The molecular formula is C24H22ClN3O3S2. The first-order valence-corrected chi connectivity index (χ1v) is 12.4. The summed E-state index contributed by atoms with van der Waals surface area (Å²) >= 11 is 8.93. The van der Waals surface area contributed by atoms with Crippen molar-refractivity contribution < 1.29 is 14.3 Å². The van der Waals surface area contributed by atoms with Gasteiger partial charge >= 0.3 is 0 Å². The van der Waals surface area contributed by atoms with E-state index in [1.165, 1.54) is 23.1 Å². The largest absolute Gasteiger partial charge is 0.495 e. The zero-order chi connectivity index (χ0) is 23.2. The summed E-state index contributed by atoms with van der Waals surface area (Å²) in [7, 11) is 1.55. The summed E-state index contributed by atoms with van der Waals surface area (Å²) in [6.45, 7) is 1.14. The number of halogens is 1. The zero-order valence-corrected chi connectivity index (χ0v) is 20.2. The van der Waals surface area contributed by atoms with E-state index in [9.17, 15) is 9.59 Å². The van der Waals surface area contributed by atoms with Gasteiger partial charge in [-0.1, -0.05) is 35.9 Å². The van der Waals surface area contributed by atoms with E-state index >= 15 is 0 Å². The molecule has 0 aliphatic rings. The highest BCUT2D eigenvalue weighted by Crippen LogP contribution is 2.31. The van der Waals surface area contributed by atoms with Crippen LogP contribution in [-0.4, -0.2) is 35.8 Å². The first kappa shape index (κ1) is 23.2. The van der Waals surface area contributed by atoms with Crippen LogP contribution in [0.5, 0.6) is 5.75 Å². The summed E-state index contributed by atoms with van der Waals surface area (Å²) in [5, 5.41) is 9.30. The number of aromatic nitrogens is 1. The average Bonchev–Trinajstić information content (AvgIpc) is 3.47. The average molecular weight is 500 g/mol. The smallest absolute Gasteiger partial charge is 0.261 e. The van der Waals surface area contributed by atoms with Crippen molar-refractivity contribution >= 4 is 63.1 Å². The van der Waals surface area contributed by atoms with Gasteiger partial charge in [-0.25, -0.2) is 0 Å². The molecule has 0 aliphatic carbocycles. The number of anilines is 1. The van der Waals surface area contributed by atoms with Gasteiger partial charge in [0.15, 0.2) is 0 Å². The van der Waals surface area contributed by atoms with Gasteiger partial charge in [0, 0.05) is 40.1 Å². The number of para-hydroxylation sites is 1. The van der Waals surface area contributed by atoms with Crippen LogP contribution in [0.25, 0.3) is 10.9 Å². The Morgan fingerprint density at radius 1 is 1.15 bits per heavy atom. The molecule has 170 valence electrons. The van der Waals surface area contributed by atoms with Crippen molar-refractivity contribution in [2.24, 2.45) is 0 Å². The second-order valence-electron chi connectivity index (χ2n) is 7.12. The maximum atomic E-state index is 12.6. The Bertz CT molecular complexity index is 1270. The highest BCUT2D eigenvalue weighted by atomic mass is 35.5. The van der Waals surface area contributed by atoms with E-state index in [-0.39, 0.29) is 17.6 Å². The predicted molar refractivity (Wildman–Crippen MR) is 136 cm³/mol. The topological polar surface area (TPSA) is 72.4 Å². The summed E-state index contributed by atoms with van der Waals surface area (Å²) in [4.78, 5) is 26.5. The molecule has 4 rings (SSSR count). The molecule has 0 aliphatic heterocycles. The number of hydrogen-bond acceptors (Lipinski definition) is 5. The third-order valence-electron chi connectivity index (χ3n) is 4.93. The molecular weight excluding hydrogens is 478 g/mol. The van der Waals surface area contributed by atoms with Crippen LogP contribution in [0.4, 0.5) is 5.69 Å². The Morgan fingerprint density at radius 2 is 2.00 bits per heavy atom. The number of thioether (sulfide) groups is 1. The fourth-order valence-electron chi connectivity index (χ4n) is 3.41. The molecule has 0 saturated carbocycles. The molecule has 2 aromatic heterocycles. The van der Waals surface area contributed by atoms with Crippen LogP contribution < -0.4 is 15.4 Å². The number of fused-ring (bicyclic) bond motifs is 1. The number of methoxy groups -OCH3 is 1. The van der Waals surface area contributed by atoms with Gasteiger partial charge in [0.05, 0.1) is 23.4 Å². The van der Waals surface area contributed by atoms with Gasteiger partial charge in [0.2, 0.25) is 5.91 Å². The fourth-order valence-corrected chi connectivity index (χ4v) is 5.11. The Labute approximate surface area is 204 Å². The van der Waals surface area contributed by atoms with Gasteiger partial charge in [-0.2, -0.15) is 0 Å². The molecule has 9 heteroatoms. The van der Waals surface area contributed by atoms with E-state index < -0.39 is 0 Å². The first-order chi connectivity index (χ1) is 16.0. The van der Waals surface area contributed by atoms with Crippen LogP contribution in [0.15, 0.2) is 71.1 Å². The van der Waals surface area contributed by atoms with E-state index in [1.54, 1.807) is 25.3 Å². The third kappa shape index (κ3) is 5.71. The van der Waals surface area contributed by atoms with Gasteiger partial charge in [-0.15, -0.1) is 23.1 Å². The van der Waals surface area contributed by atoms with Crippen molar-refractivity contribution in [2.75, 3.05) is 24.7 Å². The first-order valence-electron chi connectivity index (χ1n) is 10.2. The van der Waals surface area contributed by atoms with E-state index in [2.05, 4.69) is 15.2 Å². The molecule has 2 N–H and O–H groups in total. The van der Waals surface area contributed by atoms with Gasteiger partial charge in [-0.3, -0.25) is 9.59 Å². The van der Waals surface area contributed by atoms with Gasteiger partial charge in [0.25, 0.3) is 5.91 Å². The van der Waals surface area contributed by atoms with Crippen molar-refractivity contribution in [2.45, 2.75) is 11.4 Å². The molecule has 0 bridgehead atoms. The summed E-state index contributed by atoms with van der Waals surface area (Å²) < 4.78 is 7.39. The molecule has 0 spiro atoms. The number of hydrogen-bond donors (Lipinski definition) is 2. The van der Waals surface area contributed by atoms with Crippen molar-refractivity contribution in [1.82, 2.24) is 9.88 Å². The van der Waals surface area contributed by atoms with Crippen LogP contribution in [0.2, 0.25) is 5.02 Å². The lowest BCUT2D eigenvalue weighted by molar-refractivity contribution is -0.113. The zero-order valence-electron chi connectivity index (χ0n) is 17.8. The van der Waals surface area contributed by atoms with E-state index in [0.29, 0.717) is 34.4 Å². The highest BCUT2D eigenvalue weighted by molar-refractivity contribution is 8.00. The molecule has 2 heterocycles. The highest BCUT2D eigenvalue weighted by Gasteiger charge is 2.13. The van der Waals surface area contributed by atoms with Crippen molar-refractivity contribution in [3.63, 3.8) is 0 Å². The second-order valence-corrected chi connectivity index (χ2v) is 9.52. The van der Waals surface area contributed by atoms with E-state index in [4.69, 9.17) is 16.3 Å². The number of carbonyl (C=O) groups is 2. The quantitative estimate of drug-likeness (QED) is 0.297. The monoisotopic (exact) mass is 499 g/mol. The Hall–Kier alpha value is -2.94. The molecule has 2 aromatic carbocycles. The van der Waals surface area contributed by atoms with Crippen LogP contribution >= 0.6 is 34.7 Å². The lowest BCUT2D eigenvalue weighted by Gasteiger charge is -2.10. The lowest BCUT2D eigenvalue weighted by atomic mass is 10.2. The predicted octanol–water partition coefficient (Wildman–Crippen LogP) is 5.53. The fraction of sp³-hybridized carbons (Fsp3) is 0.167. The standard InChI is InChI=1S/C24H22ClN3O3S2/c1-31-20-9-8-16(25)13-18(20)27-23(29)15-33-22-14-28(19-6-3-2-5-17(19)22)11-10-26-24(30)21-7-4-12-32-21/h2-9,12-14H,10-11,15H2,1H3,(H,26,30)(H,27,29). The molecule has 0 fully saturated rings. The minimum Gasteiger partial charge on any atom is -0.495 e. The number of nitrogens with zero attached hydrogens (tertiary/aromatic N) is 1. The Morgan fingerprint density at radius 3 is 2.79 bits per heavy atom. The molecule has 0 radical (unpaired) electrons. The summed E-state index contributed by atoms with van der Waals surface area (Å²) in [5.74, 6) is 0.572. The molecule has 33 heavy (non-hydrogen) atoms. The summed E-state index contributed by atoms with van der Waals surface area (Å²) in [6.07, 6.45) is 2.03. The molecule has 0 atom stereocenters. The molecule has 4 aromatic rings.